The Hall–Kier alpha value is -0.290. The molecule has 1 unspecified atom stereocenters. The first-order chi connectivity index (χ1) is 7.53. The second-order valence-electron chi connectivity index (χ2n) is 4.40. The zero-order valence-corrected chi connectivity index (χ0v) is 9.82. The van der Waals surface area contributed by atoms with Gasteiger partial charge in [0, 0.05) is 19.1 Å². The van der Waals surface area contributed by atoms with Gasteiger partial charge in [-0.05, 0) is 32.4 Å². The van der Waals surface area contributed by atoms with Gasteiger partial charge in [-0.25, -0.2) is 0 Å². The van der Waals surface area contributed by atoms with Gasteiger partial charge in [-0.1, -0.05) is 6.92 Å². The molecule has 1 aliphatic heterocycles. The minimum atomic E-state index is -4.03. The van der Waals surface area contributed by atoms with Crippen molar-refractivity contribution >= 4 is 0 Å². The number of alkyl halides is 3. The zero-order valence-electron chi connectivity index (χ0n) is 9.82. The average Bonchev–Trinajstić information content (AvgIpc) is 2.24. The summed E-state index contributed by atoms with van der Waals surface area (Å²) in [6.45, 7) is 4.75. The molecular weight excluding hydrogens is 217 g/mol. The molecule has 5 heteroatoms. The Morgan fingerprint density at radius 2 is 2.06 bits per heavy atom. The lowest BCUT2D eigenvalue weighted by atomic mass is 10.1. The smallest absolute Gasteiger partial charge is 0.315 e. The molecule has 0 aromatic rings. The first-order valence-corrected chi connectivity index (χ1v) is 6.04. The molecule has 1 fully saturated rings. The van der Waals surface area contributed by atoms with E-state index in [4.69, 9.17) is 0 Å². The van der Waals surface area contributed by atoms with Crippen molar-refractivity contribution in [1.82, 2.24) is 10.2 Å². The van der Waals surface area contributed by atoms with E-state index in [1.165, 1.54) is 0 Å². The van der Waals surface area contributed by atoms with Crippen molar-refractivity contribution in [1.29, 1.82) is 0 Å². The van der Waals surface area contributed by atoms with E-state index >= 15 is 0 Å². The summed E-state index contributed by atoms with van der Waals surface area (Å²) in [6, 6.07) is 0.288. The molecule has 2 nitrogen and oxygen atoms in total. The summed E-state index contributed by atoms with van der Waals surface area (Å²) in [7, 11) is 0. The van der Waals surface area contributed by atoms with Crippen LogP contribution in [0.15, 0.2) is 0 Å². The van der Waals surface area contributed by atoms with Crippen molar-refractivity contribution in [2.75, 3.05) is 26.2 Å². The molecule has 0 amide bonds. The summed E-state index contributed by atoms with van der Waals surface area (Å²) in [5.41, 5.74) is 0. The summed E-state index contributed by atoms with van der Waals surface area (Å²) < 4.78 is 36.5. The van der Waals surface area contributed by atoms with Crippen molar-refractivity contribution < 1.29 is 13.2 Å². The van der Waals surface area contributed by atoms with Gasteiger partial charge in [0.15, 0.2) is 0 Å². The van der Waals surface area contributed by atoms with Gasteiger partial charge in [-0.15, -0.1) is 0 Å². The van der Waals surface area contributed by atoms with Crippen LogP contribution in [0.25, 0.3) is 0 Å². The molecule has 0 aromatic carbocycles. The molecule has 1 aliphatic rings. The Labute approximate surface area is 95.2 Å². The Kier molecular flexibility index (Phi) is 5.55. The van der Waals surface area contributed by atoms with Crippen LogP contribution >= 0.6 is 0 Å². The molecule has 0 saturated carbocycles. The van der Waals surface area contributed by atoms with Crippen molar-refractivity contribution in [3.05, 3.63) is 0 Å². The van der Waals surface area contributed by atoms with Gasteiger partial charge in [0.2, 0.25) is 0 Å². The summed E-state index contributed by atoms with van der Waals surface area (Å²) in [6.07, 6.45) is -1.73. The van der Waals surface area contributed by atoms with Crippen molar-refractivity contribution in [3.63, 3.8) is 0 Å². The van der Waals surface area contributed by atoms with Crippen LogP contribution in [0.1, 0.15) is 32.6 Å². The monoisotopic (exact) mass is 238 g/mol. The van der Waals surface area contributed by atoms with E-state index in [0.717, 1.165) is 38.9 Å². The summed E-state index contributed by atoms with van der Waals surface area (Å²) >= 11 is 0. The Balaban J connectivity index is 2.39. The number of piperidine rings is 1. The molecule has 96 valence electrons. The van der Waals surface area contributed by atoms with Gasteiger partial charge in [0.25, 0.3) is 0 Å². The Morgan fingerprint density at radius 1 is 1.31 bits per heavy atom. The topological polar surface area (TPSA) is 15.3 Å². The highest BCUT2D eigenvalue weighted by Crippen LogP contribution is 2.21. The van der Waals surface area contributed by atoms with Crippen LogP contribution < -0.4 is 5.32 Å². The number of nitrogens with zero attached hydrogens (tertiary/aromatic N) is 1. The van der Waals surface area contributed by atoms with E-state index in [1.54, 1.807) is 0 Å². The molecule has 0 aliphatic carbocycles. The van der Waals surface area contributed by atoms with Gasteiger partial charge < -0.3 is 5.32 Å². The van der Waals surface area contributed by atoms with Crippen LogP contribution in [-0.2, 0) is 0 Å². The Morgan fingerprint density at radius 3 is 2.56 bits per heavy atom. The summed E-state index contributed by atoms with van der Waals surface area (Å²) in [5.74, 6) is 0. The average molecular weight is 238 g/mol. The van der Waals surface area contributed by atoms with E-state index < -0.39 is 12.6 Å². The second-order valence-corrected chi connectivity index (χ2v) is 4.40. The first kappa shape index (κ1) is 13.8. The van der Waals surface area contributed by atoms with E-state index in [0.29, 0.717) is 0 Å². The van der Waals surface area contributed by atoms with Crippen LogP contribution in [0, 0.1) is 0 Å². The summed E-state index contributed by atoms with van der Waals surface area (Å²) in [5, 5.41) is 3.25. The molecule has 1 N–H and O–H groups in total. The third-order valence-electron chi connectivity index (χ3n) is 2.98. The molecule has 0 spiro atoms. The van der Waals surface area contributed by atoms with Crippen molar-refractivity contribution in [2.24, 2.45) is 0 Å². The van der Waals surface area contributed by atoms with Gasteiger partial charge in [-0.3, -0.25) is 4.90 Å². The molecule has 1 saturated heterocycles. The Bertz CT molecular complexity index is 188. The van der Waals surface area contributed by atoms with Gasteiger partial charge in [0.1, 0.15) is 0 Å². The highest BCUT2D eigenvalue weighted by molar-refractivity contribution is 4.78. The fourth-order valence-electron chi connectivity index (χ4n) is 2.18. The third kappa shape index (κ3) is 5.16. The molecule has 16 heavy (non-hydrogen) atoms. The standard InChI is InChI=1S/C11H21F3N2/c1-2-7-16(8-5-11(12,13)14)10-4-3-6-15-9-10/h10,15H,2-9H2,1H3. The molecule has 0 aromatic heterocycles. The van der Waals surface area contributed by atoms with Crippen LogP contribution in [0.2, 0.25) is 0 Å². The second kappa shape index (κ2) is 6.45. The van der Waals surface area contributed by atoms with Crippen LogP contribution in [0.4, 0.5) is 13.2 Å². The van der Waals surface area contributed by atoms with E-state index in [2.05, 4.69) is 5.32 Å². The van der Waals surface area contributed by atoms with Crippen LogP contribution in [0.3, 0.4) is 0 Å². The minimum absolute atomic E-state index is 0.143. The van der Waals surface area contributed by atoms with Gasteiger partial charge >= 0.3 is 6.18 Å². The lowest BCUT2D eigenvalue weighted by Crippen LogP contribution is -2.47. The predicted molar refractivity (Wildman–Crippen MR) is 58.4 cm³/mol. The molecular formula is C11H21F3N2. The fraction of sp³-hybridized carbons (Fsp3) is 1.00. The molecule has 0 radical (unpaired) electrons. The number of hydrogen-bond donors (Lipinski definition) is 1. The zero-order chi connectivity index (χ0) is 12.0. The van der Waals surface area contributed by atoms with E-state index in [-0.39, 0.29) is 12.6 Å². The molecule has 1 atom stereocenters. The van der Waals surface area contributed by atoms with Crippen LogP contribution in [-0.4, -0.2) is 43.3 Å². The quantitative estimate of drug-likeness (QED) is 0.791. The largest absolute Gasteiger partial charge is 0.390 e. The predicted octanol–water partition coefficient (Wildman–Crippen LogP) is 2.40. The number of hydrogen-bond acceptors (Lipinski definition) is 2. The van der Waals surface area contributed by atoms with E-state index in [1.807, 2.05) is 11.8 Å². The maximum absolute atomic E-state index is 12.2. The normalized spacial score (nSPS) is 22.7. The SMILES string of the molecule is CCCN(CCC(F)(F)F)C1CCCNC1. The first-order valence-electron chi connectivity index (χ1n) is 6.04. The molecule has 0 bridgehead atoms. The van der Waals surface area contributed by atoms with E-state index in [9.17, 15) is 13.2 Å². The maximum Gasteiger partial charge on any atom is 0.390 e. The maximum atomic E-state index is 12.2. The van der Waals surface area contributed by atoms with Crippen molar-refractivity contribution in [3.8, 4) is 0 Å². The van der Waals surface area contributed by atoms with Crippen molar-refractivity contribution in [2.45, 2.75) is 44.8 Å². The number of nitrogens with one attached hydrogen (secondary N) is 1. The number of rotatable bonds is 5. The summed E-state index contributed by atoms with van der Waals surface area (Å²) in [4.78, 5) is 1.99. The van der Waals surface area contributed by atoms with Gasteiger partial charge in [-0.2, -0.15) is 13.2 Å². The number of halogens is 3. The third-order valence-corrected chi connectivity index (χ3v) is 2.98. The fourth-order valence-corrected chi connectivity index (χ4v) is 2.18. The molecule has 1 heterocycles. The highest BCUT2D eigenvalue weighted by Gasteiger charge is 2.29. The lowest BCUT2D eigenvalue weighted by molar-refractivity contribution is -0.139. The lowest BCUT2D eigenvalue weighted by Gasteiger charge is -2.34. The minimum Gasteiger partial charge on any atom is -0.315 e. The molecule has 1 rings (SSSR count). The van der Waals surface area contributed by atoms with Crippen LogP contribution in [0.5, 0.6) is 0 Å². The van der Waals surface area contributed by atoms with Gasteiger partial charge in [0.05, 0.1) is 6.42 Å². The highest BCUT2D eigenvalue weighted by atomic mass is 19.4.